The molecule has 0 rings (SSSR count). The third-order valence-electron chi connectivity index (χ3n) is 6.68. The average Bonchev–Trinajstić information content (AvgIpc) is 2.93. The topological polar surface area (TPSA) is 157 Å². The highest BCUT2D eigenvalue weighted by molar-refractivity contribution is 5.77. The average molecular weight is 572 g/mol. The number of carbonyl (C=O) groups excluding carboxylic acids is 3. The largest absolute Gasteiger partial charge is 0.481 e. The number of hydrogen-bond donors (Lipinski definition) is 4. The lowest BCUT2D eigenvalue weighted by Crippen LogP contribution is -2.30. The van der Waals surface area contributed by atoms with Crippen molar-refractivity contribution in [2.45, 2.75) is 128 Å². The fraction of sp³-hybridized carbons (Fsp3) is 0.867. The monoisotopic (exact) mass is 571 g/mol. The molecule has 0 aromatic carbocycles. The Morgan fingerprint density at radius 2 is 1.12 bits per heavy atom. The van der Waals surface area contributed by atoms with Crippen LogP contribution in [0.3, 0.4) is 0 Å². The number of hydrogen-bond acceptors (Lipinski definition) is 7. The van der Waals surface area contributed by atoms with Gasteiger partial charge in [0.25, 0.3) is 0 Å². The van der Waals surface area contributed by atoms with Crippen LogP contribution < -0.4 is 16.4 Å². The third-order valence-corrected chi connectivity index (χ3v) is 6.68. The van der Waals surface area contributed by atoms with Crippen molar-refractivity contribution in [1.29, 1.82) is 0 Å². The minimum atomic E-state index is -0.688. The molecule has 40 heavy (non-hydrogen) atoms. The number of nitrogens with one attached hydrogen (secondary N) is 2. The van der Waals surface area contributed by atoms with Gasteiger partial charge in [-0.25, -0.2) is 0 Å². The van der Waals surface area contributed by atoms with Gasteiger partial charge in [-0.3, -0.25) is 14.4 Å². The van der Waals surface area contributed by atoms with Gasteiger partial charge in [0, 0.05) is 25.9 Å². The molecule has 0 fully saturated rings. The van der Waals surface area contributed by atoms with Gasteiger partial charge in [0.05, 0.1) is 25.9 Å². The second-order valence-corrected chi connectivity index (χ2v) is 10.5. The summed E-state index contributed by atoms with van der Waals surface area (Å²) in [6, 6.07) is -0.424. The molecule has 10 nitrogen and oxygen atoms in total. The van der Waals surface area contributed by atoms with Crippen LogP contribution in [0.15, 0.2) is 0 Å². The van der Waals surface area contributed by atoms with Crippen LogP contribution in [0.5, 0.6) is 0 Å². The Bertz CT molecular complexity index is 634. The number of nitrogens with two attached hydrogens (primary N) is 1. The number of aldehydes is 1. The summed E-state index contributed by atoms with van der Waals surface area (Å²) in [5, 5.41) is 14.2. The second-order valence-electron chi connectivity index (χ2n) is 10.5. The van der Waals surface area contributed by atoms with E-state index in [1.165, 1.54) is 57.8 Å². The van der Waals surface area contributed by atoms with Crippen LogP contribution in [0.1, 0.15) is 122 Å². The first-order valence-corrected chi connectivity index (χ1v) is 15.6. The van der Waals surface area contributed by atoms with Crippen molar-refractivity contribution in [2.24, 2.45) is 5.73 Å². The van der Waals surface area contributed by atoms with E-state index in [0.29, 0.717) is 52.2 Å². The van der Waals surface area contributed by atoms with Crippen LogP contribution in [-0.4, -0.2) is 74.7 Å². The zero-order chi connectivity index (χ0) is 29.5. The van der Waals surface area contributed by atoms with E-state index in [4.69, 9.17) is 20.3 Å². The summed E-state index contributed by atoms with van der Waals surface area (Å²) in [7, 11) is 0. The molecule has 10 heteroatoms. The van der Waals surface area contributed by atoms with E-state index in [0.717, 1.165) is 51.2 Å². The third kappa shape index (κ3) is 30.5. The first-order valence-electron chi connectivity index (χ1n) is 15.6. The molecule has 0 spiro atoms. The Hall–Kier alpha value is -2.04. The number of aliphatic carboxylic acids is 1. The molecule has 0 aliphatic carbocycles. The van der Waals surface area contributed by atoms with Gasteiger partial charge in [0.15, 0.2) is 0 Å². The maximum absolute atomic E-state index is 11.9. The molecular formula is C30H57N3O7. The van der Waals surface area contributed by atoms with Gasteiger partial charge < -0.3 is 35.7 Å². The molecule has 0 heterocycles. The quantitative estimate of drug-likeness (QED) is 0.0709. The zero-order valence-electron chi connectivity index (χ0n) is 24.8. The van der Waals surface area contributed by atoms with Crippen molar-refractivity contribution in [3.05, 3.63) is 0 Å². The van der Waals surface area contributed by atoms with Gasteiger partial charge in [0.1, 0.15) is 12.9 Å². The molecule has 1 atom stereocenters. The summed E-state index contributed by atoms with van der Waals surface area (Å²) >= 11 is 0. The predicted molar refractivity (Wildman–Crippen MR) is 157 cm³/mol. The number of amides is 2. The fourth-order valence-corrected chi connectivity index (χ4v) is 4.27. The van der Waals surface area contributed by atoms with E-state index >= 15 is 0 Å². The smallest absolute Gasteiger partial charge is 0.303 e. The predicted octanol–water partition coefficient (Wildman–Crippen LogP) is 4.27. The number of unbranched alkanes of at least 4 members (excludes halogenated alkanes) is 14. The van der Waals surface area contributed by atoms with Gasteiger partial charge in [-0.15, -0.1) is 0 Å². The maximum Gasteiger partial charge on any atom is 0.303 e. The second kappa shape index (κ2) is 29.9. The van der Waals surface area contributed by atoms with Crippen molar-refractivity contribution in [1.82, 2.24) is 10.6 Å². The summed E-state index contributed by atoms with van der Waals surface area (Å²) in [5.41, 5.74) is 5.51. The molecule has 2 amide bonds. The molecule has 234 valence electrons. The van der Waals surface area contributed by atoms with E-state index in [9.17, 15) is 19.2 Å². The molecule has 0 aromatic rings. The number of carbonyl (C=O) groups is 4. The van der Waals surface area contributed by atoms with Crippen LogP contribution in [-0.2, 0) is 28.7 Å². The minimum Gasteiger partial charge on any atom is -0.481 e. The lowest BCUT2D eigenvalue weighted by atomic mass is 10.0. The van der Waals surface area contributed by atoms with Gasteiger partial charge in [-0.05, 0) is 32.1 Å². The lowest BCUT2D eigenvalue weighted by Gasteiger charge is -2.08. The summed E-state index contributed by atoms with van der Waals surface area (Å²) < 4.78 is 10.7. The highest BCUT2D eigenvalue weighted by atomic mass is 16.5. The summed E-state index contributed by atoms with van der Waals surface area (Å²) in [6.07, 6.45) is 20.1. The summed E-state index contributed by atoms with van der Waals surface area (Å²) in [5.74, 6) is -0.809. The lowest BCUT2D eigenvalue weighted by molar-refractivity contribution is -0.137. The summed E-state index contributed by atoms with van der Waals surface area (Å²) in [6.45, 7) is 2.07. The molecule has 0 saturated carbocycles. The van der Waals surface area contributed by atoms with Crippen molar-refractivity contribution >= 4 is 24.1 Å². The number of rotatable bonds is 31. The van der Waals surface area contributed by atoms with Gasteiger partial charge in [-0.1, -0.05) is 77.0 Å². The van der Waals surface area contributed by atoms with E-state index < -0.39 is 12.0 Å². The molecule has 0 unspecified atom stereocenters. The molecule has 0 bridgehead atoms. The molecule has 0 aliphatic rings. The Labute approximate surface area is 241 Å². The van der Waals surface area contributed by atoms with Crippen molar-refractivity contribution in [3.63, 3.8) is 0 Å². The maximum atomic E-state index is 11.9. The Balaban J connectivity index is 3.26. The minimum absolute atomic E-state index is 0.0200. The van der Waals surface area contributed by atoms with Crippen molar-refractivity contribution < 1.29 is 33.8 Å². The standard InChI is InChI=1S/C30H57N3O7/c31-27(25-34)17-15-16-20-32-29(36)26-40-24-23-39-22-21-33-28(35)18-13-11-9-7-5-3-1-2-4-6-8-10-12-14-19-30(37)38/h25,27H,1-24,26,31H2,(H,32,36)(H,33,35)(H,37,38)/t27-/m0/s1. The molecule has 0 aliphatic heterocycles. The SMILES string of the molecule is N[C@H](C=O)CCCCNC(=O)COCCOCCNC(=O)CCCCCCCCCCCCCCCCC(=O)O. The van der Waals surface area contributed by atoms with E-state index in [2.05, 4.69) is 10.6 Å². The fourth-order valence-electron chi connectivity index (χ4n) is 4.27. The van der Waals surface area contributed by atoms with Crippen LogP contribution in [0.25, 0.3) is 0 Å². The van der Waals surface area contributed by atoms with Crippen LogP contribution >= 0.6 is 0 Å². The number of carboxylic acids is 1. The van der Waals surface area contributed by atoms with Gasteiger partial charge >= 0.3 is 5.97 Å². The summed E-state index contributed by atoms with van der Waals surface area (Å²) in [4.78, 5) is 44.4. The number of ether oxygens (including phenoxy) is 2. The van der Waals surface area contributed by atoms with Gasteiger partial charge in [-0.2, -0.15) is 0 Å². The normalized spacial score (nSPS) is 11.7. The first kappa shape index (κ1) is 38.0. The van der Waals surface area contributed by atoms with Crippen molar-refractivity contribution in [3.8, 4) is 0 Å². The zero-order valence-corrected chi connectivity index (χ0v) is 24.8. The van der Waals surface area contributed by atoms with E-state index in [1.807, 2.05) is 0 Å². The van der Waals surface area contributed by atoms with Crippen LogP contribution in [0.4, 0.5) is 0 Å². The van der Waals surface area contributed by atoms with Crippen LogP contribution in [0.2, 0.25) is 0 Å². The van der Waals surface area contributed by atoms with E-state index in [-0.39, 0.29) is 18.4 Å². The highest BCUT2D eigenvalue weighted by Crippen LogP contribution is 2.13. The number of carboxylic acid groups (broad SMARTS) is 1. The van der Waals surface area contributed by atoms with E-state index in [1.54, 1.807) is 0 Å². The van der Waals surface area contributed by atoms with Crippen LogP contribution in [0, 0.1) is 0 Å². The Morgan fingerprint density at radius 1 is 0.625 bits per heavy atom. The Morgan fingerprint density at radius 3 is 1.68 bits per heavy atom. The molecule has 0 radical (unpaired) electrons. The van der Waals surface area contributed by atoms with Crippen molar-refractivity contribution in [2.75, 3.05) is 39.5 Å². The molecule has 0 aromatic heterocycles. The highest BCUT2D eigenvalue weighted by Gasteiger charge is 2.04. The molecular weight excluding hydrogens is 514 g/mol. The Kier molecular flexibility index (Phi) is 28.4. The van der Waals surface area contributed by atoms with Gasteiger partial charge in [0.2, 0.25) is 11.8 Å². The first-order chi connectivity index (χ1) is 19.5. The molecule has 5 N–H and O–H groups in total. The molecule has 0 saturated heterocycles.